The third-order valence-electron chi connectivity index (χ3n) is 3.07. The van der Waals surface area contributed by atoms with Gasteiger partial charge in [-0.15, -0.1) is 0 Å². The smallest absolute Gasteiger partial charge is 0.387 e. The molecule has 0 saturated carbocycles. The second-order valence-corrected chi connectivity index (χ2v) is 5.38. The zero-order valence-corrected chi connectivity index (χ0v) is 11.9. The first-order chi connectivity index (χ1) is 9.30. The predicted octanol–water partition coefficient (Wildman–Crippen LogP) is 3.76. The second-order valence-electron chi connectivity index (χ2n) is 5.38. The summed E-state index contributed by atoms with van der Waals surface area (Å²) in [5.41, 5.74) is -0.440. The van der Waals surface area contributed by atoms with Gasteiger partial charge in [0.05, 0.1) is 11.7 Å². The van der Waals surface area contributed by atoms with Crippen LogP contribution in [0.3, 0.4) is 0 Å². The summed E-state index contributed by atoms with van der Waals surface area (Å²) in [6.45, 7) is 5.29. The quantitative estimate of drug-likeness (QED) is 0.749. The maximum atomic E-state index is 12.6. The van der Waals surface area contributed by atoms with E-state index in [2.05, 4.69) is 19.2 Å². The number of hydrogen-bond donors (Lipinski definition) is 2. The van der Waals surface area contributed by atoms with E-state index >= 15 is 0 Å². The van der Waals surface area contributed by atoms with Crippen LogP contribution in [-0.4, -0.2) is 18.2 Å². The molecule has 0 aliphatic carbocycles. The van der Waals surface area contributed by atoms with Crippen molar-refractivity contribution in [3.05, 3.63) is 35.4 Å². The van der Waals surface area contributed by atoms with Crippen molar-refractivity contribution < 1.29 is 18.3 Å². The lowest BCUT2D eigenvalue weighted by Gasteiger charge is -2.14. The first-order valence-corrected chi connectivity index (χ1v) is 6.86. The monoisotopic (exact) mass is 289 g/mol. The number of aliphatic hydroxyl groups is 1. The van der Waals surface area contributed by atoms with Gasteiger partial charge in [-0.2, -0.15) is 13.2 Å². The predicted molar refractivity (Wildman–Crippen MR) is 73.3 cm³/mol. The molecule has 0 amide bonds. The van der Waals surface area contributed by atoms with E-state index in [9.17, 15) is 18.3 Å². The molecule has 1 aromatic carbocycles. The van der Waals surface area contributed by atoms with Crippen LogP contribution < -0.4 is 5.32 Å². The summed E-state index contributed by atoms with van der Waals surface area (Å²) in [4.78, 5) is 0. The Bertz CT molecular complexity index is 404. The molecule has 0 radical (unpaired) electrons. The van der Waals surface area contributed by atoms with E-state index < -0.39 is 17.8 Å². The Kier molecular flexibility index (Phi) is 6.49. The van der Waals surface area contributed by atoms with Crippen LogP contribution in [0.5, 0.6) is 0 Å². The highest BCUT2D eigenvalue weighted by Crippen LogP contribution is 2.30. The molecule has 0 fully saturated rings. The fourth-order valence-electron chi connectivity index (χ4n) is 1.91. The van der Waals surface area contributed by atoms with Crippen LogP contribution in [0.1, 0.15) is 43.9 Å². The molecule has 0 spiro atoms. The Morgan fingerprint density at radius 1 is 1.25 bits per heavy atom. The van der Waals surface area contributed by atoms with Gasteiger partial charge in [-0.25, -0.2) is 0 Å². The molecule has 0 heterocycles. The van der Waals surface area contributed by atoms with Gasteiger partial charge in [-0.3, -0.25) is 0 Å². The van der Waals surface area contributed by atoms with Crippen LogP contribution in [0.4, 0.5) is 13.2 Å². The number of alkyl halides is 3. The lowest BCUT2D eigenvalue weighted by atomic mass is 10.1. The van der Waals surface area contributed by atoms with Gasteiger partial charge >= 0.3 is 6.18 Å². The lowest BCUT2D eigenvalue weighted by Crippen LogP contribution is -2.23. The van der Waals surface area contributed by atoms with Crippen molar-refractivity contribution in [2.24, 2.45) is 5.92 Å². The molecule has 2 nitrogen and oxygen atoms in total. The third-order valence-corrected chi connectivity index (χ3v) is 3.07. The van der Waals surface area contributed by atoms with Crippen molar-refractivity contribution >= 4 is 0 Å². The Labute approximate surface area is 118 Å². The molecule has 0 aliphatic rings. The standard InChI is InChI=1S/C15H22F3NO/c1-11(2)5-4-8-19-10-14(20)12-6-3-7-13(9-12)15(16,17)18/h3,6-7,9,11,14,19-20H,4-5,8,10H2,1-2H3. The molecule has 1 rings (SSSR count). The van der Waals surface area contributed by atoms with E-state index in [0.29, 0.717) is 5.92 Å². The van der Waals surface area contributed by atoms with Crippen LogP contribution in [-0.2, 0) is 6.18 Å². The largest absolute Gasteiger partial charge is 0.416 e. The average Bonchev–Trinajstić information content (AvgIpc) is 2.37. The summed E-state index contributed by atoms with van der Waals surface area (Å²) < 4.78 is 37.7. The van der Waals surface area contributed by atoms with Gasteiger partial charge in [-0.05, 0) is 43.0 Å². The van der Waals surface area contributed by atoms with E-state index in [0.717, 1.165) is 31.5 Å². The number of rotatable bonds is 7. The van der Waals surface area contributed by atoms with Crippen molar-refractivity contribution in [3.63, 3.8) is 0 Å². The molecule has 5 heteroatoms. The summed E-state index contributed by atoms with van der Waals surface area (Å²) in [5.74, 6) is 0.630. The second kappa shape index (κ2) is 7.64. The fourth-order valence-corrected chi connectivity index (χ4v) is 1.91. The Hall–Kier alpha value is -1.07. The zero-order valence-electron chi connectivity index (χ0n) is 11.9. The van der Waals surface area contributed by atoms with Crippen molar-refractivity contribution in [2.75, 3.05) is 13.1 Å². The van der Waals surface area contributed by atoms with Crippen LogP contribution >= 0.6 is 0 Å². The Balaban J connectivity index is 2.45. The topological polar surface area (TPSA) is 32.3 Å². The summed E-state index contributed by atoms with van der Waals surface area (Å²) in [6.07, 6.45) is -3.21. The van der Waals surface area contributed by atoms with E-state index in [4.69, 9.17) is 0 Å². The summed E-state index contributed by atoms with van der Waals surface area (Å²) in [7, 11) is 0. The molecule has 114 valence electrons. The minimum atomic E-state index is -4.37. The molecule has 0 aromatic heterocycles. The van der Waals surface area contributed by atoms with Crippen molar-refractivity contribution in [3.8, 4) is 0 Å². The van der Waals surface area contributed by atoms with Gasteiger partial charge < -0.3 is 10.4 Å². The molecule has 0 saturated heterocycles. The normalized spacial score (nSPS) is 13.8. The van der Waals surface area contributed by atoms with Crippen LogP contribution in [0, 0.1) is 5.92 Å². The molecule has 0 aliphatic heterocycles. The summed E-state index contributed by atoms with van der Waals surface area (Å²) in [5, 5.41) is 13.0. The van der Waals surface area contributed by atoms with Gasteiger partial charge in [0.1, 0.15) is 0 Å². The first kappa shape index (κ1) is 17.0. The maximum Gasteiger partial charge on any atom is 0.416 e. The minimum Gasteiger partial charge on any atom is -0.387 e. The van der Waals surface area contributed by atoms with Gasteiger partial charge in [0.2, 0.25) is 0 Å². The van der Waals surface area contributed by atoms with E-state index in [1.165, 1.54) is 12.1 Å². The molecule has 2 N–H and O–H groups in total. The Morgan fingerprint density at radius 3 is 2.55 bits per heavy atom. The molecule has 0 bridgehead atoms. The SMILES string of the molecule is CC(C)CCCNCC(O)c1cccc(C(F)(F)F)c1. The molecule has 1 unspecified atom stereocenters. The maximum absolute atomic E-state index is 12.6. The fraction of sp³-hybridized carbons (Fsp3) is 0.600. The number of benzene rings is 1. The highest BCUT2D eigenvalue weighted by molar-refractivity contribution is 5.27. The van der Waals surface area contributed by atoms with Crippen molar-refractivity contribution in [2.45, 2.75) is 39.0 Å². The average molecular weight is 289 g/mol. The van der Waals surface area contributed by atoms with Gasteiger partial charge in [0, 0.05) is 6.54 Å². The molecular weight excluding hydrogens is 267 g/mol. The van der Waals surface area contributed by atoms with Crippen molar-refractivity contribution in [1.82, 2.24) is 5.32 Å². The van der Waals surface area contributed by atoms with E-state index in [-0.39, 0.29) is 12.1 Å². The van der Waals surface area contributed by atoms with Gasteiger partial charge in [0.25, 0.3) is 0 Å². The highest BCUT2D eigenvalue weighted by atomic mass is 19.4. The van der Waals surface area contributed by atoms with Crippen LogP contribution in [0.15, 0.2) is 24.3 Å². The minimum absolute atomic E-state index is 0.263. The number of nitrogens with one attached hydrogen (secondary N) is 1. The number of aliphatic hydroxyl groups excluding tert-OH is 1. The van der Waals surface area contributed by atoms with E-state index in [1.54, 1.807) is 0 Å². The zero-order chi connectivity index (χ0) is 15.2. The Morgan fingerprint density at radius 2 is 1.95 bits per heavy atom. The lowest BCUT2D eigenvalue weighted by molar-refractivity contribution is -0.137. The van der Waals surface area contributed by atoms with Gasteiger partial charge in [-0.1, -0.05) is 26.0 Å². The summed E-state index contributed by atoms with van der Waals surface area (Å²) >= 11 is 0. The first-order valence-electron chi connectivity index (χ1n) is 6.86. The molecule has 1 atom stereocenters. The molecular formula is C15H22F3NO. The molecule has 20 heavy (non-hydrogen) atoms. The van der Waals surface area contributed by atoms with Crippen molar-refractivity contribution in [1.29, 1.82) is 0 Å². The third kappa shape index (κ3) is 5.92. The molecule has 1 aromatic rings. The van der Waals surface area contributed by atoms with Gasteiger partial charge in [0.15, 0.2) is 0 Å². The van der Waals surface area contributed by atoms with E-state index in [1.807, 2.05) is 0 Å². The highest BCUT2D eigenvalue weighted by Gasteiger charge is 2.30. The van der Waals surface area contributed by atoms with Crippen LogP contribution in [0.25, 0.3) is 0 Å². The number of halogens is 3. The number of hydrogen-bond acceptors (Lipinski definition) is 2. The van der Waals surface area contributed by atoms with Crippen LogP contribution in [0.2, 0.25) is 0 Å². The summed E-state index contributed by atoms with van der Waals surface area (Å²) in [6, 6.07) is 4.84.